The number of hydrogen-bond acceptors (Lipinski definition) is 1. The topological polar surface area (TPSA) is 12.4 Å². The number of rotatable bonds is 0. The van der Waals surface area contributed by atoms with E-state index in [1.807, 2.05) is 12.3 Å². The van der Waals surface area contributed by atoms with E-state index in [0.29, 0.717) is 0 Å². The highest BCUT2D eigenvalue weighted by molar-refractivity contribution is 14.2. The number of aliphatic imine (C=N–C) groups is 1. The second kappa shape index (κ2) is 2.85. The molecule has 2 heteroatoms. The summed E-state index contributed by atoms with van der Waals surface area (Å²) in [6, 6.07) is 8.40. The summed E-state index contributed by atoms with van der Waals surface area (Å²) in [5.41, 5.74) is 1.17. The van der Waals surface area contributed by atoms with Crippen molar-refractivity contribution < 1.29 is 0 Å². The number of hydrogen-bond donors (Lipinski definition) is 0. The Morgan fingerprint density at radius 2 is 2.09 bits per heavy atom. The Balaban J connectivity index is 2.61. The van der Waals surface area contributed by atoms with Gasteiger partial charge >= 0.3 is 0 Å². The van der Waals surface area contributed by atoms with Crippen molar-refractivity contribution >= 4 is 36.1 Å². The van der Waals surface area contributed by atoms with Gasteiger partial charge < -0.3 is 0 Å². The van der Waals surface area contributed by atoms with Crippen LogP contribution in [0.5, 0.6) is 0 Å². The van der Waals surface area contributed by atoms with Gasteiger partial charge in [-0.05, 0) is 19.1 Å². The van der Waals surface area contributed by atoms with Crippen LogP contribution in [0.3, 0.4) is 0 Å². The molecule has 1 aliphatic rings. The van der Waals surface area contributed by atoms with E-state index in [2.05, 4.69) is 30.1 Å². The summed E-state index contributed by atoms with van der Waals surface area (Å²) in [7, 11) is 0. The predicted octanol–water partition coefficient (Wildman–Crippen LogP) is 2.74. The van der Waals surface area contributed by atoms with Gasteiger partial charge in [-0.25, -0.2) is 0 Å². The van der Waals surface area contributed by atoms with E-state index < -0.39 is 0 Å². The minimum absolute atomic E-state index is 0.0996. The first-order valence-corrected chi connectivity index (χ1v) is 5.63. The van der Waals surface area contributed by atoms with E-state index in [0.717, 1.165) is 0 Å². The number of benzene rings is 1. The van der Waals surface area contributed by atoms with Crippen molar-refractivity contribution in [1.29, 1.82) is 0 Å². The van der Waals surface area contributed by atoms with E-state index in [1.54, 1.807) is 0 Å². The zero-order valence-electron chi connectivity index (χ0n) is 6.21. The minimum atomic E-state index is 0.0996. The van der Waals surface area contributed by atoms with Crippen LogP contribution in [0, 0.1) is 3.57 Å². The van der Waals surface area contributed by atoms with E-state index in [-0.39, 0.29) is 20.7 Å². The summed E-state index contributed by atoms with van der Waals surface area (Å²) in [6.07, 6.45) is 2.00. The molecule has 1 aromatic carbocycles. The van der Waals surface area contributed by atoms with Gasteiger partial charge in [0.1, 0.15) is 0 Å². The monoisotopic (exact) mass is 257 g/mol. The highest BCUT2D eigenvalue weighted by Crippen LogP contribution is 2.27. The number of fused-ring (bicyclic) bond motifs is 1. The van der Waals surface area contributed by atoms with Gasteiger partial charge in [0.25, 0.3) is 0 Å². The van der Waals surface area contributed by atoms with E-state index in [4.69, 9.17) is 0 Å². The number of nitrogens with zero attached hydrogens (tertiary/aromatic N) is 1. The highest BCUT2D eigenvalue weighted by atomic mass is 127. The van der Waals surface area contributed by atoms with Gasteiger partial charge in [0.05, 0.1) is 5.69 Å². The third-order valence-electron chi connectivity index (χ3n) is 1.48. The zero-order valence-corrected chi connectivity index (χ0v) is 8.37. The van der Waals surface area contributed by atoms with Gasteiger partial charge in [-0.3, -0.25) is 4.99 Å². The van der Waals surface area contributed by atoms with Crippen LogP contribution in [0.1, 0.15) is 6.92 Å². The van der Waals surface area contributed by atoms with Gasteiger partial charge in [-0.1, -0.05) is 32.9 Å². The Labute approximate surface area is 75.9 Å². The molecule has 0 aromatic heterocycles. The molecule has 0 spiro atoms. The van der Waals surface area contributed by atoms with Gasteiger partial charge in [0.2, 0.25) is 0 Å². The molecule has 0 fully saturated rings. The summed E-state index contributed by atoms with van der Waals surface area (Å²) >= 11 is 0.0996. The molecule has 56 valence electrons. The molecule has 0 N–H and O–H groups in total. The number of halogens is 1. The number of para-hydroxylation sites is 1. The third kappa shape index (κ3) is 1.40. The van der Waals surface area contributed by atoms with Gasteiger partial charge in [-0.15, -0.1) is 0 Å². The van der Waals surface area contributed by atoms with Crippen molar-refractivity contribution in [2.24, 2.45) is 4.99 Å². The van der Waals surface area contributed by atoms with Crippen LogP contribution in [0.15, 0.2) is 29.3 Å². The lowest BCUT2D eigenvalue weighted by Crippen LogP contribution is -1.92. The largest absolute Gasteiger partial charge is 0.255 e. The molecule has 0 saturated heterocycles. The summed E-state index contributed by atoms with van der Waals surface area (Å²) in [6.45, 7) is 2.16. The normalized spacial score (nSPS) is 14.8. The van der Waals surface area contributed by atoms with Crippen molar-refractivity contribution in [3.05, 3.63) is 27.8 Å². The molecule has 1 aromatic rings. The molecule has 0 atom stereocenters. The van der Waals surface area contributed by atoms with Gasteiger partial charge in [-0.2, -0.15) is 0 Å². The van der Waals surface area contributed by atoms with Crippen LogP contribution in [0.4, 0.5) is 5.69 Å². The average molecular weight is 257 g/mol. The van der Waals surface area contributed by atoms with Gasteiger partial charge in [0, 0.05) is 13.3 Å². The van der Waals surface area contributed by atoms with Crippen molar-refractivity contribution in [3.8, 4) is 0 Å². The Bertz CT molecular complexity index is 339. The van der Waals surface area contributed by atoms with Crippen LogP contribution in [-0.2, 0) is 0 Å². The van der Waals surface area contributed by atoms with E-state index in [1.165, 1.54) is 12.8 Å². The molecular formula is C9H8IN. The van der Waals surface area contributed by atoms with Gasteiger partial charge in [0.15, 0.2) is 0 Å². The Kier molecular flexibility index (Phi) is 1.85. The fraction of sp³-hybridized carbons (Fsp3) is 0.111. The molecule has 0 unspecified atom stereocenters. The lowest BCUT2D eigenvalue weighted by molar-refractivity contribution is 1.50. The minimum Gasteiger partial charge on any atom is -0.255 e. The summed E-state index contributed by atoms with van der Waals surface area (Å²) in [5, 5.41) is 0. The standard InChI is InChI=1S/C9H8IN/c1-7-6-11-9-5-3-2-4-8(9)10-7/h2-6H,1H3. The first-order valence-electron chi connectivity index (χ1n) is 3.48. The fourth-order valence-electron chi connectivity index (χ4n) is 0.980. The maximum absolute atomic E-state index is 4.34. The second-order valence-electron chi connectivity index (χ2n) is 2.39. The fourth-order valence-corrected chi connectivity index (χ4v) is 3.16. The molecular weight excluding hydrogens is 249 g/mol. The second-order valence-corrected chi connectivity index (χ2v) is 5.79. The van der Waals surface area contributed by atoms with Crippen molar-refractivity contribution in [1.82, 2.24) is 0 Å². The summed E-state index contributed by atoms with van der Waals surface area (Å²) in [4.78, 5) is 4.34. The molecule has 0 bridgehead atoms. The van der Waals surface area contributed by atoms with Crippen molar-refractivity contribution in [2.75, 3.05) is 0 Å². The average Bonchev–Trinajstić information content (AvgIpc) is 2.04. The first-order chi connectivity index (χ1) is 5.36. The molecule has 0 saturated carbocycles. The molecule has 11 heavy (non-hydrogen) atoms. The molecule has 1 aliphatic heterocycles. The lowest BCUT2D eigenvalue weighted by atomic mass is 10.3. The maximum Gasteiger partial charge on any atom is 0.0759 e. The molecule has 0 radical (unpaired) electrons. The van der Waals surface area contributed by atoms with Crippen LogP contribution < -0.4 is 0 Å². The third-order valence-corrected chi connectivity index (χ3v) is 4.11. The Morgan fingerprint density at radius 1 is 1.27 bits per heavy atom. The first kappa shape index (κ1) is 7.16. The summed E-state index contributed by atoms with van der Waals surface area (Å²) in [5.74, 6) is 0. The summed E-state index contributed by atoms with van der Waals surface area (Å²) < 4.78 is 2.90. The molecule has 2 rings (SSSR count). The Morgan fingerprint density at radius 3 is 3.00 bits per heavy atom. The Hall–Kier alpha value is -0.510. The SMILES string of the molecule is CC1=Ic2ccccc2N=C1. The van der Waals surface area contributed by atoms with Crippen LogP contribution in [-0.4, -0.2) is 9.72 Å². The molecule has 0 aliphatic carbocycles. The molecule has 1 nitrogen and oxygen atoms in total. The van der Waals surface area contributed by atoms with E-state index in [9.17, 15) is 0 Å². The smallest absolute Gasteiger partial charge is 0.0759 e. The molecule has 0 amide bonds. The van der Waals surface area contributed by atoms with Crippen LogP contribution in [0.2, 0.25) is 0 Å². The predicted molar refractivity (Wildman–Crippen MR) is 58.0 cm³/mol. The lowest BCUT2D eigenvalue weighted by Gasteiger charge is -2.04. The van der Waals surface area contributed by atoms with Crippen LogP contribution in [0.25, 0.3) is 0 Å². The van der Waals surface area contributed by atoms with Crippen LogP contribution >= 0.6 is 20.7 Å². The van der Waals surface area contributed by atoms with Crippen molar-refractivity contribution in [2.45, 2.75) is 6.92 Å². The molecule has 1 heterocycles. The van der Waals surface area contributed by atoms with Crippen molar-refractivity contribution in [3.63, 3.8) is 0 Å². The van der Waals surface area contributed by atoms with E-state index >= 15 is 0 Å². The maximum atomic E-state index is 4.34. The quantitative estimate of drug-likeness (QED) is 0.634. The highest BCUT2D eigenvalue weighted by Gasteiger charge is 2.01. The zero-order chi connectivity index (χ0) is 7.68.